The number of carbonyl (C=O) groups is 1. The SMILES string of the molecule is CC(C(=O)O)S(=O)(=O)c1ccc(-c2ccncc2)cc1. The molecule has 0 amide bonds. The van der Waals surface area contributed by atoms with Crippen molar-refractivity contribution in [1.29, 1.82) is 0 Å². The Kier molecular flexibility index (Phi) is 3.85. The summed E-state index contributed by atoms with van der Waals surface area (Å²) in [4.78, 5) is 14.7. The summed E-state index contributed by atoms with van der Waals surface area (Å²) in [6.45, 7) is 1.16. The molecule has 104 valence electrons. The van der Waals surface area contributed by atoms with E-state index in [2.05, 4.69) is 4.98 Å². The van der Waals surface area contributed by atoms with Crippen LogP contribution in [0.3, 0.4) is 0 Å². The molecule has 0 aliphatic rings. The van der Waals surface area contributed by atoms with Crippen molar-refractivity contribution in [3.05, 3.63) is 48.8 Å². The van der Waals surface area contributed by atoms with Crippen molar-refractivity contribution in [2.45, 2.75) is 17.1 Å². The third-order valence-electron chi connectivity index (χ3n) is 3.01. The highest BCUT2D eigenvalue weighted by atomic mass is 32.2. The second-order valence-electron chi connectivity index (χ2n) is 4.29. The smallest absolute Gasteiger partial charge is 0.321 e. The van der Waals surface area contributed by atoms with Gasteiger partial charge in [-0.25, -0.2) is 8.42 Å². The molecule has 1 heterocycles. The van der Waals surface area contributed by atoms with Crippen LogP contribution in [-0.4, -0.2) is 29.7 Å². The molecule has 5 nitrogen and oxygen atoms in total. The number of nitrogens with zero attached hydrogens (tertiary/aromatic N) is 1. The maximum Gasteiger partial charge on any atom is 0.321 e. The minimum atomic E-state index is -3.85. The van der Waals surface area contributed by atoms with Gasteiger partial charge in [-0.3, -0.25) is 9.78 Å². The van der Waals surface area contributed by atoms with Gasteiger partial charge >= 0.3 is 5.97 Å². The van der Waals surface area contributed by atoms with E-state index >= 15 is 0 Å². The van der Waals surface area contributed by atoms with E-state index in [9.17, 15) is 13.2 Å². The molecule has 1 unspecified atom stereocenters. The summed E-state index contributed by atoms with van der Waals surface area (Å²) in [7, 11) is -3.85. The van der Waals surface area contributed by atoms with E-state index in [0.29, 0.717) is 0 Å². The highest BCUT2D eigenvalue weighted by molar-refractivity contribution is 7.92. The molecule has 0 spiro atoms. The number of carboxylic acid groups (broad SMARTS) is 1. The van der Waals surface area contributed by atoms with Crippen LogP contribution in [0.15, 0.2) is 53.7 Å². The van der Waals surface area contributed by atoms with Crippen molar-refractivity contribution < 1.29 is 18.3 Å². The minimum Gasteiger partial charge on any atom is -0.480 e. The maximum atomic E-state index is 12.0. The van der Waals surface area contributed by atoms with Gasteiger partial charge in [-0.1, -0.05) is 12.1 Å². The minimum absolute atomic E-state index is 0.00482. The molecule has 2 aromatic rings. The first-order chi connectivity index (χ1) is 9.43. The lowest BCUT2D eigenvalue weighted by Crippen LogP contribution is -2.26. The molecule has 6 heteroatoms. The Hall–Kier alpha value is -2.21. The maximum absolute atomic E-state index is 12.0. The second-order valence-corrected chi connectivity index (χ2v) is 6.55. The number of hydrogen-bond donors (Lipinski definition) is 1. The summed E-state index contributed by atoms with van der Waals surface area (Å²) in [6.07, 6.45) is 3.29. The molecule has 0 radical (unpaired) electrons. The molecule has 1 aromatic carbocycles. The Bertz CT molecular complexity index is 709. The number of sulfone groups is 1. The van der Waals surface area contributed by atoms with E-state index in [1.807, 2.05) is 12.1 Å². The van der Waals surface area contributed by atoms with E-state index in [1.54, 1.807) is 24.5 Å². The fraction of sp³-hybridized carbons (Fsp3) is 0.143. The summed E-state index contributed by atoms with van der Waals surface area (Å²) in [5, 5.41) is 7.36. The topological polar surface area (TPSA) is 84.3 Å². The lowest BCUT2D eigenvalue weighted by molar-refractivity contribution is -0.136. The van der Waals surface area contributed by atoms with Crippen LogP contribution in [-0.2, 0) is 14.6 Å². The predicted molar refractivity (Wildman–Crippen MR) is 74.0 cm³/mol. The molecule has 1 atom stereocenters. The molecular formula is C14H13NO4S. The summed E-state index contributed by atoms with van der Waals surface area (Å²) < 4.78 is 24.1. The third-order valence-corrected chi connectivity index (χ3v) is 5.07. The number of aromatic nitrogens is 1. The standard InChI is InChI=1S/C14H13NO4S/c1-10(14(16)17)20(18,19)13-4-2-11(3-5-13)12-6-8-15-9-7-12/h2-10H,1H3,(H,16,17). The van der Waals surface area contributed by atoms with Gasteiger partial charge in [-0.05, 0) is 42.3 Å². The highest BCUT2D eigenvalue weighted by Gasteiger charge is 2.29. The Morgan fingerprint density at radius 1 is 1.05 bits per heavy atom. The summed E-state index contributed by atoms with van der Waals surface area (Å²) >= 11 is 0. The lowest BCUT2D eigenvalue weighted by atomic mass is 10.1. The van der Waals surface area contributed by atoms with Gasteiger partial charge in [0.1, 0.15) is 0 Å². The van der Waals surface area contributed by atoms with Gasteiger partial charge in [0.2, 0.25) is 0 Å². The average Bonchev–Trinajstić information content (AvgIpc) is 2.47. The largest absolute Gasteiger partial charge is 0.480 e. The van der Waals surface area contributed by atoms with Crippen molar-refractivity contribution in [3.8, 4) is 11.1 Å². The number of hydrogen-bond acceptors (Lipinski definition) is 4. The van der Waals surface area contributed by atoms with E-state index in [0.717, 1.165) is 18.1 Å². The van der Waals surface area contributed by atoms with E-state index < -0.39 is 21.1 Å². The van der Waals surface area contributed by atoms with Gasteiger partial charge in [0.15, 0.2) is 15.1 Å². The van der Waals surface area contributed by atoms with Crippen LogP contribution in [0, 0.1) is 0 Å². The number of benzene rings is 1. The van der Waals surface area contributed by atoms with Crippen molar-refractivity contribution in [2.24, 2.45) is 0 Å². The van der Waals surface area contributed by atoms with Crippen molar-refractivity contribution >= 4 is 15.8 Å². The zero-order valence-electron chi connectivity index (χ0n) is 10.7. The van der Waals surface area contributed by atoms with Gasteiger partial charge < -0.3 is 5.11 Å². The molecule has 0 bridgehead atoms. The fourth-order valence-corrected chi connectivity index (χ4v) is 2.91. The Labute approximate surface area is 116 Å². The first-order valence-corrected chi connectivity index (χ1v) is 7.45. The quantitative estimate of drug-likeness (QED) is 0.931. The second kappa shape index (κ2) is 5.42. The van der Waals surface area contributed by atoms with Gasteiger partial charge in [0, 0.05) is 12.4 Å². The predicted octanol–water partition coefficient (Wildman–Crippen LogP) is 2.00. The lowest BCUT2D eigenvalue weighted by Gasteiger charge is -2.09. The van der Waals surface area contributed by atoms with E-state index in [1.165, 1.54) is 12.1 Å². The Balaban J connectivity index is 2.36. The molecule has 0 saturated heterocycles. The molecule has 0 saturated carbocycles. The number of pyridine rings is 1. The van der Waals surface area contributed by atoms with Crippen molar-refractivity contribution in [3.63, 3.8) is 0 Å². The fourth-order valence-electron chi connectivity index (χ4n) is 1.72. The Morgan fingerprint density at radius 3 is 2.05 bits per heavy atom. The van der Waals surface area contributed by atoms with Crippen LogP contribution in [0.4, 0.5) is 0 Å². The van der Waals surface area contributed by atoms with Crippen molar-refractivity contribution in [1.82, 2.24) is 4.98 Å². The monoisotopic (exact) mass is 291 g/mol. The molecule has 1 N–H and O–H groups in total. The first kappa shape index (κ1) is 14.2. The normalized spacial score (nSPS) is 12.8. The Morgan fingerprint density at radius 2 is 1.55 bits per heavy atom. The highest BCUT2D eigenvalue weighted by Crippen LogP contribution is 2.22. The van der Waals surface area contributed by atoms with Crippen LogP contribution in [0.1, 0.15) is 6.92 Å². The molecule has 0 aliphatic heterocycles. The molecule has 2 rings (SSSR count). The third kappa shape index (κ3) is 2.70. The van der Waals surface area contributed by atoms with Crippen LogP contribution in [0.5, 0.6) is 0 Å². The van der Waals surface area contributed by atoms with Crippen LogP contribution in [0.2, 0.25) is 0 Å². The summed E-state index contributed by atoms with van der Waals surface area (Å²) in [6, 6.07) is 9.76. The van der Waals surface area contributed by atoms with E-state index in [4.69, 9.17) is 5.11 Å². The summed E-state index contributed by atoms with van der Waals surface area (Å²) in [5.41, 5.74) is 1.75. The number of aliphatic carboxylic acids is 1. The van der Waals surface area contributed by atoms with Crippen molar-refractivity contribution in [2.75, 3.05) is 0 Å². The molecule has 20 heavy (non-hydrogen) atoms. The van der Waals surface area contributed by atoms with E-state index in [-0.39, 0.29) is 4.90 Å². The first-order valence-electron chi connectivity index (χ1n) is 5.90. The molecule has 1 aromatic heterocycles. The zero-order chi connectivity index (χ0) is 14.8. The number of rotatable bonds is 4. The average molecular weight is 291 g/mol. The molecule has 0 aliphatic carbocycles. The summed E-state index contributed by atoms with van der Waals surface area (Å²) in [5.74, 6) is -1.36. The van der Waals surface area contributed by atoms with Gasteiger partial charge in [-0.2, -0.15) is 0 Å². The van der Waals surface area contributed by atoms with Crippen LogP contribution < -0.4 is 0 Å². The zero-order valence-corrected chi connectivity index (χ0v) is 11.5. The van der Waals surface area contributed by atoms with Crippen LogP contribution in [0.25, 0.3) is 11.1 Å². The van der Waals surface area contributed by atoms with Crippen LogP contribution >= 0.6 is 0 Å². The van der Waals surface area contributed by atoms with Gasteiger partial charge in [0.05, 0.1) is 4.90 Å². The van der Waals surface area contributed by atoms with Gasteiger partial charge in [-0.15, -0.1) is 0 Å². The molecular weight excluding hydrogens is 278 g/mol. The van der Waals surface area contributed by atoms with Gasteiger partial charge in [0.25, 0.3) is 0 Å². The number of carboxylic acids is 1. The molecule has 0 fully saturated rings.